The molecule has 1 aliphatic heterocycles. The maximum absolute atomic E-state index is 4.43. The second-order valence-corrected chi connectivity index (χ2v) is 3.91. The first-order valence-corrected chi connectivity index (χ1v) is 5.95. The Morgan fingerprint density at radius 2 is 2.35 bits per heavy atom. The number of aryl methyl sites for hydroxylation is 1. The third-order valence-electron chi connectivity index (χ3n) is 2.56. The molecule has 1 aromatic rings. The fourth-order valence-corrected chi connectivity index (χ4v) is 1.69. The topological polar surface area (TPSA) is 54.2 Å². The van der Waals surface area contributed by atoms with E-state index in [9.17, 15) is 0 Å². The Kier molecular flexibility index (Phi) is 6.69. The highest BCUT2D eigenvalue weighted by Gasteiger charge is 2.01. The Hall–Kier alpha value is -1.04. The number of nitrogens with one attached hydrogen (secondary N) is 2. The van der Waals surface area contributed by atoms with E-state index in [-0.39, 0.29) is 17.0 Å². The second-order valence-electron chi connectivity index (χ2n) is 3.91. The van der Waals surface area contributed by atoms with E-state index in [0.29, 0.717) is 0 Å². The highest BCUT2D eigenvalue weighted by Crippen LogP contribution is 1.93. The molecule has 1 aromatic heterocycles. The van der Waals surface area contributed by atoms with Gasteiger partial charge >= 0.3 is 0 Å². The van der Waals surface area contributed by atoms with E-state index in [1.54, 1.807) is 0 Å². The van der Waals surface area contributed by atoms with E-state index >= 15 is 0 Å². The predicted octanol–water partition coefficient (Wildman–Crippen LogP) is 1.18. The number of aromatic nitrogens is 2. The van der Waals surface area contributed by atoms with Gasteiger partial charge in [-0.15, -0.1) is 17.0 Å². The Labute approximate surface area is 112 Å². The molecule has 0 spiro atoms. The zero-order valence-electron chi connectivity index (χ0n) is 9.93. The van der Waals surface area contributed by atoms with Gasteiger partial charge in [0.05, 0.1) is 0 Å². The normalized spacial score (nSPS) is 15.2. The molecule has 1 aliphatic rings. The molecule has 0 atom stereocenters. The highest BCUT2D eigenvalue weighted by molar-refractivity contribution is 8.93. The smallest absolute Gasteiger partial charge is 0.191 e. The third-order valence-corrected chi connectivity index (χ3v) is 2.56. The summed E-state index contributed by atoms with van der Waals surface area (Å²) in [4.78, 5) is 4.43. The summed E-state index contributed by atoms with van der Waals surface area (Å²) in [6.45, 7) is 3.86. The Morgan fingerprint density at radius 1 is 1.41 bits per heavy atom. The lowest BCUT2D eigenvalue weighted by molar-refractivity contribution is 0.570. The van der Waals surface area contributed by atoms with Crippen molar-refractivity contribution in [2.45, 2.75) is 25.8 Å². The van der Waals surface area contributed by atoms with Crippen molar-refractivity contribution in [1.29, 1.82) is 0 Å². The molecule has 0 radical (unpaired) electrons. The van der Waals surface area contributed by atoms with Crippen LogP contribution in [-0.4, -0.2) is 35.4 Å². The van der Waals surface area contributed by atoms with Crippen LogP contribution in [0.3, 0.4) is 0 Å². The minimum atomic E-state index is 0. The maximum atomic E-state index is 4.43. The van der Waals surface area contributed by atoms with E-state index in [1.807, 2.05) is 23.1 Å². The number of hydrogen-bond acceptors (Lipinski definition) is 4. The number of rotatable bonds is 4. The molecule has 0 bridgehead atoms. The van der Waals surface area contributed by atoms with Gasteiger partial charge in [-0.2, -0.15) is 5.10 Å². The fourth-order valence-electron chi connectivity index (χ4n) is 1.69. The van der Waals surface area contributed by atoms with Gasteiger partial charge in [-0.1, -0.05) is 0 Å². The average molecular weight is 302 g/mol. The van der Waals surface area contributed by atoms with E-state index in [1.165, 1.54) is 12.8 Å². The molecule has 0 unspecified atom stereocenters. The first-order chi connectivity index (χ1) is 7.95. The number of guanidine groups is 1. The van der Waals surface area contributed by atoms with Crippen LogP contribution in [0.4, 0.5) is 0 Å². The van der Waals surface area contributed by atoms with Crippen LogP contribution in [0.1, 0.15) is 19.3 Å². The first-order valence-electron chi connectivity index (χ1n) is 5.95. The third kappa shape index (κ3) is 5.21. The van der Waals surface area contributed by atoms with Crippen LogP contribution >= 0.6 is 17.0 Å². The quantitative estimate of drug-likeness (QED) is 0.821. The summed E-state index contributed by atoms with van der Waals surface area (Å²) >= 11 is 0. The summed E-state index contributed by atoms with van der Waals surface area (Å²) in [5, 5.41) is 10.8. The first kappa shape index (κ1) is 14.0. The van der Waals surface area contributed by atoms with E-state index in [2.05, 4.69) is 20.7 Å². The lowest BCUT2D eigenvalue weighted by Crippen LogP contribution is -2.37. The molecule has 2 N–H and O–H groups in total. The van der Waals surface area contributed by atoms with Gasteiger partial charge in [-0.25, -0.2) is 0 Å². The molecule has 17 heavy (non-hydrogen) atoms. The minimum Gasteiger partial charge on any atom is -0.356 e. The molecule has 5 nitrogen and oxygen atoms in total. The van der Waals surface area contributed by atoms with Crippen molar-refractivity contribution in [2.24, 2.45) is 4.99 Å². The largest absolute Gasteiger partial charge is 0.356 e. The van der Waals surface area contributed by atoms with Gasteiger partial charge in [0, 0.05) is 38.6 Å². The van der Waals surface area contributed by atoms with Crippen LogP contribution in [0.15, 0.2) is 23.5 Å². The highest BCUT2D eigenvalue weighted by atomic mass is 79.9. The summed E-state index contributed by atoms with van der Waals surface area (Å²) in [5.74, 6) is 0.956. The predicted molar refractivity (Wildman–Crippen MR) is 74.7 cm³/mol. The van der Waals surface area contributed by atoms with E-state index in [4.69, 9.17) is 0 Å². The monoisotopic (exact) mass is 301 g/mol. The zero-order valence-corrected chi connectivity index (χ0v) is 11.6. The van der Waals surface area contributed by atoms with Gasteiger partial charge in [0.1, 0.15) is 0 Å². The molecule has 0 saturated carbocycles. The van der Waals surface area contributed by atoms with Gasteiger partial charge in [0.15, 0.2) is 5.96 Å². The molecule has 96 valence electrons. The van der Waals surface area contributed by atoms with Crippen LogP contribution in [0.25, 0.3) is 0 Å². The lowest BCUT2D eigenvalue weighted by atomic mass is 10.3. The van der Waals surface area contributed by atoms with Crippen molar-refractivity contribution in [2.75, 3.05) is 19.6 Å². The summed E-state index contributed by atoms with van der Waals surface area (Å²) in [6, 6.07) is 1.95. The van der Waals surface area contributed by atoms with Crippen LogP contribution in [0.2, 0.25) is 0 Å². The molecular weight excluding hydrogens is 282 g/mol. The second kappa shape index (κ2) is 8.11. The van der Waals surface area contributed by atoms with Gasteiger partial charge in [-0.3, -0.25) is 9.67 Å². The lowest BCUT2D eigenvalue weighted by Gasteiger charge is -2.09. The summed E-state index contributed by atoms with van der Waals surface area (Å²) in [5.41, 5.74) is 0. The SMILES string of the molecule is Br.c1cnn(CCCNC2=NCCCCN2)c1. The van der Waals surface area contributed by atoms with Crippen molar-refractivity contribution < 1.29 is 0 Å². The van der Waals surface area contributed by atoms with Crippen molar-refractivity contribution >= 4 is 22.9 Å². The summed E-state index contributed by atoms with van der Waals surface area (Å²) in [7, 11) is 0. The van der Waals surface area contributed by atoms with E-state index < -0.39 is 0 Å². The Morgan fingerprint density at radius 3 is 3.18 bits per heavy atom. The van der Waals surface area contributed by atoms with Crippen molar-refractivity contribution in [1.82, 2.24) is 20.4 Å². The number of nitrogens with zero attached hydrogens (tertiary/aromatic N) is 3. The maximum Gasteiger partial charge on any atom is 0.191 e. The van der Waals surface area contributed by atoms with Gasteiger partial charge < -0.3 is 10.6 Å². The molecular formula is C11H20BrN5. The van der Waals surface area contributed by atoms with Gasteiger partial charge in [0.2, 0.25) is 0 Å². The average Bonchev–Trinajstić information content (AvgIpc) is 2.68. The van der Waals surface area contributed by atoms with E-state index in [0.717, 1.165) is 38.6 Å². The van der Waals surface area contributed by atoms with Gasteiger partial charge in [-0.05, 0) is 25.3 Å². The molecule has 2 rings (SSSR count). The van der Waals surface area contributed by atoms with Crippen molar-refractivity contribution in [3.63, 3.8) is 0 Å². The fraction of sp³-hybridized carbons (Fsp3) is 0.636. The number of hydrogen-bond donors (Lipinski definition) is 2. The number of halogens is 1. The molecule has 0 amide bonds. The molecule has 0 aromatic carbocycles. The Bertz CT molecular complexity index is 323. The van der Waals surface area contributed by atoms with Gasteiger partial charge in [0.25, 0.3) is 0 Å². The molecule has 0 fully saturated rings. The standard InChI is InChI=1S/C11H19N5.BrH/c1-2-6-13-11(12-5-1)14-7-3-9-16-10-4-8-15-16;/h4,8,10H,1-3,5-7,9H2,(H2,12,13,14);1H. The van der Waals surface area contributed by atoms with Crippen molar-refractivity contribution in [3.8, 4) is 0 Å². The van der Waals surface area contributed by atoms with Crippen LogP contribution < -0.4 is 10.6 Å². The summed E-state index contributed by atoms with van der Waals surface area (Å²) in [6.07, 6.45) is 7.25. The van der Waals surface area contributed by atoms with Crippen LogP contribution in [0, 0.1) is 0 Å². The molecule has 0 saturated heterocycles. The summed E-state index contributed by atoms with van der Waals surface area (Å²) < 4.78 is 1.95. The minimum absolute atomic E-state index is 0. The molecule has 2 heterocycles. The molecule has 0 aliphatic carbocycles. The molecule has 6 heteroatoms. The van der Waals surface area contributed by atoms with Crippen LogP contribution in [-0.2, 0) is 6.54 Å². The zero-order chi connectivity index (χ0) is 11.1. The van der Waals surface area contributed by atoms with Crippen molar-refractivity contribution in [3.05, 3.63) is 18.5 Å². The van der Waals surface area contributed by atoms with Crippen LogP contribution in [0.5, 0.6) is 0 Å². The number of aliphatic imine (C=N–C) groups is 1. The Balaban J connectivity index is 0.00000144.